The summed E-state index contributed by atoms with van der Waals surface area (Å²) < 4.78 is 33.4. The molecule has 1 aliphatic heterocycles. The van der Waals surface area contributed by atoms with E-state index in [0.717, 1.165) is 5.56 Å². The summed E-state index contributed by atoms with van der Waals surface area (Å²) in [5, 5.41) is 4.35. The van der Waals surface area contributed by atoms with E-state index in [1.54, 1.807) is 43.0 Å². The van der Waals surface area contributed by atoms with Crippen LogP contribution in [0.2, 0.25) is 0 Å². The Bertz CT molecular complexity index is 1170. The molecule has 1 aromatic heterocycles. The molecule has 1 amide bonds. The monoisotopic (exact) mass is 482 g/mol. The van der Waals surface area contributed by atoms with Crippen molar-refractivity contribution in [3.05, 3.63) is 77.4 Å². The van der Waals surface area contributed by atoms with Gasteiger partial charge in [0.05, 0.1) is 18.7 Å². The summed E-state index contributed by atoms with van der Waals surface area (Å²) in [5.41, 5.74) is 1.51. The molecule has 7 nitrogen and oxygen atoms in total. The van der Waals surface area contributed by atoms with Crippen LogP contribution in [0.3, 0.4) is 0 Å². The van der Waals surface area contributed by atoms with Crippen LogP contribution in [0.5, 0.6) is 0 Å². The highest BCUT2D eigenvalue weighted by atomic mass is 19.1. The van der Waals surface area contributed by atoms with Crippen LogP contribution in [-0.2, 0) is 9.53 Å². The van der Waals surface area contributed by atoms with Crippen LogP contribution in [0, 0.1) is 24.5 Å². The quantitative estimate of drug-likeness (QED) is 0.465. The highest BCUT2D eigenvalue weighted by Gasteiger charge is 2.32. The second-order valence-electron chi connectivity index (χ2n) is 8.67. The number of amides is 1. The van der Waals surface area contributed by atoms with E-state index < -0.39 is 0 Å². The number of ether oxygens (including phenoxy) is 1. The molecule has 0 unspecified atom stereocenters. The van der Waals surface area contributed by atoms with Gasteiger partial charge >= 0.3 is 5.97 Å². The summed E-state index contributed by atoms with van der Waals surface area (Å²) in [6.45, 7) is 4.80. The molecule has 2 heterocycles. The van der Waals surface area contributed by atoms with Crippen LogP contribution in [0.25, 0.3) is 5.69 Å². The molecule has 4 rings (SSSR count). The standard InChI is InChI=1S/C26H28F2N4O3/c1-3-35-24(33)16-23(18-4-6-20(27)7-5-18)19-12-14-31(15-13-19)26(34)25-29-17(2)32(30-25)22-10-8-21(28)9-11-22/h4-11,19,23H,3,12-16H2,1-2H3/t23-/m1/s1. The normalized spacial score (nSPS) is 15.1. The Morgan fingerprint density at radius 3 is 2.23 bits per heavy atom. The van der Waals surface area contributed by atoms with Crippen LogP contribution in [0.4, 0.5) is 8.78 Å². The first kappa shape index (κ1) is 24.5. The van der Waals surface area contributed by atoms with E-state index in [1.165, 1.54) is 28.9 Å². The molecule has 0 aliphatic carbocycles. The van der Waals surface area contributed by atoms with Crippen LogP contribution >= 0.6 is 0 Å². The number of aryl methyl sites for hydroxylation is 1. The Balaban J connectivity index is 1.45. The van der Waals surface area contributed by atoms with Gasteiger partial charge < -0.3 is 9.64 Å². The summed E-state index contributed by atoms with van der Waals surface area (Å²) in [6.07, 6.45) is 1.58. The number of carbonyl (C=O) groups is 2. The van der Waals surface area contributed by atoms with E-state index >= 15 is 0 Å². The molecule has 1 fully saturated rings. The third-order valence-electron chi connectivity index (χ3n) is 6.42. The molecule has 184 valence electrons. The van der Waals surface area contributed by atoms with Crippen molar-refractivity contribution in [3.8, 4) is 5.69 Å². The average molecular weight is 483 g/mol. The average Bonchev–Trinajstić information content (AvgIpc) is 3.25. The highest BCUT2D eigenvalue weighted by molar-refractivity contribution is 5.90. The predicted molar refractivity (Wildman–Crippen MR) is 125 cm³/mol. The maximum Gasteiger partial charge on any atom is 0.306 e. The molecule has 1 atom stereocenters. The van der Waals surface area contributed by atoms with Crippen molar-refractivity contribution in [1.82, 2.24) is 19.7 Å². The fourth-order valence-corrected chi connectivity index (χ4v) is 4.62. The van der Waals surface area contributed by atoms with E-state index in [1.807, 2.05) is 0 Å². The van der Waals surface area contributed by atoms with Gasteiger partial charge in [-0.3, -0.25) is 9.59 Å². The largest absolute Gasteiger partial charge is 0.466 e. The molecule has 9 heteroatoms. The van der Waals surface area contributed by atoms with Gasteiger partial charge in [-0.25, -0.2) is 18.4 Å². The van der Waals surface area contributed by atoms with Gasteiger partial charge in [0, 0.05) is 13.1 Å². The molecule has 1 saturated heterocycles. The zero-order valence-corrected chi connectivity index (χ0v) is 19.8. The third kappa shape index (κ3) is 5.72. The number of likely N-dealkylation sites (tertiary alicyclic amines) is 1. The number of hydrogen-bond donors (Lipinski definition) is 0. The van der Waals surface area contributed by atoms with Crippen LogP contribution < -0.4 is 0 Å². The molecule has 0 radical (unpaired) electrons. The number of aromatic nitrogens is 3. The zero-order valence-electron chi connectivity index (χ0n) is 19.8. The van der Waals surface area contributed by atoms with Crippen molar-refractivity contribution < 1.29 is 23.1 Å². The van der Waals surface area contributed by atoms with Crippen molar-refractivity contribution in [2.75, 3.05) is 19.7 Å². The minimum absolute atomic E-state index is 0.0897. The Morgan fingerprint density at radius 1 is 1.03 bits per heavy atom. The lowest BCUT2D eigenvalue weighted by Crippen LogP contribution is -2.40. The Hall–Kier alpha value is -3.62. The van der Waals surface area contributed by atoms with Crippen LogP contribution in [0.15, 0.2) is 48.5 Å². The van der Waals surface area contributed by atoms with E-state index in [0.29, 0.717) is 44.0 Å². The number of esters is 1. The Morgan fingerprint density at radius 2 is 1.63 bits per heavy atom. The number of hydrogen-bond acceptors (Lipinski definition) is 5. The molecule has 0 N–H and O–H groups in total. The summed E-state index contributed by atoms with van der Waals surface area (Å²) in [7, 11) is 0. The van der Waals surface area contributed by atoms with E-state index in [2.05, 4.69) is 10.1 Å². The minimum atomic E-state index is -0.354. The first-order chi connectivity index (χ1) is 16.9. The lowest BCUT2D eigenvalue weighted by Gasteiger charge is -2.35. The predicted octanol–water partition coefficient (Wildman–Crippen LogP) is 4.44. The summed E-state index contributed by atoms with van der Waals surface area (Å²) in [5.74, 6) is -0.597. The van der Waals surface area contributed by atoms with Gasteiger partial charge in [-0.2, -0.15) is 0 Å². The van der Waals surface area contributed by atoms with Crippen molar-refractivity contribution in [2.24, 2.45) is 5.92 Å². The van der Waals surface area contributed by atoms with Crippen molar-refractivity contribution in [3.63, 3.8) is 0 Å². The molecule has 0 spiro atoms. The number of halogens is 2. The zero-order chi connectivity index (χ0) is 24.9. The van der Waals surface area contributed by atoms with Crippen molar-refractivity contribution in [2.45, 2.75) is 39.0 Å². The summed E-state index contributed by atoms with van der Waals surface area (Å²) in [6, 6.07) is 12.0. The molecule has 1 aliphatic rings. The highest BCUT2D eigenvalue weighted by Crippen LogP contribution is 2.36. The van der Waals surface area contributed by atoms with Gasteiger partial charge in [0.25, 0.3) is 5.91 Å². The lowest BCUT2D eigenvalue weighted by molar-refractivity contribution is -0.144. The molecule has 2 aromatic carbocycles. The first-order valence-corrected chi connectivity index (χ1v) is 11.8. The maximum absolute atomic E-state index is 13.5. The van der Waals surface area contributed by atoms with Gasteiger partial charge in [0.1, 0.15) is 17.5 Å². The van der Waals surface area contributed by atoms with Gasteiger partial charge in [0.2, 0.25) is 5.82 Å². The van der Waals surface area contributed by atoms with Crippen molar-refractivity contribution in [1.29, 1.82) is 0 Å². The molecular weight excluding hydrogens is 454 g/mol. The van der Waals surface area contributed by atoms with E-state index in [9.17, 15) is 18.4 Å². The van der Waals surface area contributed by atoms with Gasteiger partial charge in [0.15, 0.2) is 0 Å². The molecule has 35 heavy (non-hydrogen) atoms. The fraction of sp³-hybridized carbons (Fsp3) is 0.385. The topological polar surface area (TPSA) is 77.3 Å². The molecule has 3 aromatic rings. The molecule has 0 bridgehead atoms. The number of carbonyl (C=O) groups excluding carboxylic acids is 2. The number of benzene rings is 2. The number of rotatable bonds is 7. The summed E-state index contributed by atoms with van der Waals surface area (Å²) >= 11 is 0. The maximum atomic E-state index is 13.5. The molecular formula is C26H28F2N4O3. The second-order valence-corrected chi connectivity index (χ2v) is 8.67. The molecule has 0 saturated carbocycles. The van der Waals surface area contributed by atoms with E-state index in [-0.39, 0.29) is 47.6 Å². The lowest BCUT2D eigenvalue weighted by atomic mass is 9.78. The minimum Gasteiger partial charge on any atom is -0.466 e. The SMILES string of the molecule is CCOC(=O)C[C@H](c1ccc(F)cc1)C1CCN(C(=O)c2nc(C)n(-c3ccc(F)cc3)n2)CC1. The Labute approximate surface area is 202 Å². The van der Waals surface area contributed by atoms with Gasteiger partial charge in [-0.05, 0) is 80.5 Å². The van der Waals surface area contributed by atoms with Gasteiger partial charge in [-0.15, -0.1) is 5.10 Å². The van der Waals surface area contributed by atoms with Gasteiger partial charge in [-0.1, -0.05) is 12.1 Å². The fourth-order valence-electron chi connectivity index (χ4n) is 4.62. The Kier molecular flexibility index (Phi) is 7.53. The van der Waals surface area contributed by atoms with Crippen molar-refractivity contribution >= 4 is 11.9 Å². The van der Waals surface area contributed by atoms with Crippen LogP contribution in [-0.4, -0.2) is 51.2 Å². The second kappa shape index (κ2) is 10.8. The summed E-state index contributed by atoms with van der Waals surface area (Å²) in [4.78, 5) is 31.4. The smallest absolute Gasteiger partial charge is 0.306 e. The van der Waals surface area contributed by atoms with Crippen LogP contribution in [0.1, 0.15) is 54.1 Å². The first-order valence-electron chi connectivity index (χ1n) is 11.8. The van der Waals surface area contributed by atoms with E-state index in [4.69, 9.17) is 4.74 Å². The third-order valence-corrected chi connectivity index (χ3v) is 6.42. The number of piperidine rings is 1. The number of nitrogens with zero attached hydrogens (tertiary/aromatic N) is 4.